The number of esters is 1. The Hall–Kier alpha value is -0.770. The molecule has 2 rings (SSSR count). The van der Waals surface area contributed by atoms with Crippen molar-refractivity contribution in [2.45, 2.75) is 102 Å². The molecule has 1 aliphatic carbocycles. The SMILES string of the molecule is CCCCOCC12O[C@@H](OCCCC(=O)OC)[C@H](O)C1[C@@H](OCCCC)[C@@H]2OCCCC. The summed E-state index contributed by atoms with van der Waals surface area (Å²) in [5.74, 6) is -0.561. The first-order valence-electron chi connectivity index (χ1n) is 12.4. The van der Waals surface area contributed by atoms with E-state index in [-0.39, 0.29) is 30.5 Å². The Bertz CT molecular complexity index is 530. The van der Waals surface area contributed by atoms with Crippen LogP contribution in [0.25, 0.3) is 0 Å². The van der Waals surface area contributed by atoms with Crippen LogP contribution in [0.15, 0.2) is 0 Å². The summed E-state index contributed by atoms with van der Waals surface area (Å²) in [6.07, 6.45) is 4.53. The lowest BCUT2D eigenvalue weighted by atomic mass is 9.63. The summed E-state index contributed by atoms with van der Waals surface area (Å²) >= 11 is 0. The molecule has 1 saturated carbocycles. The molecule has 8 heteroatoms. The van der Waals surface area contributed by atoms with Crippen LogP contribution in [0.1, 0.15) is 72.1 Å². The van der Waals surface area contributed by atoms with Crippen LogP contribution in [0.4, 0.5) is 0 Å². The summed E-state index contributed by atoms with van der Waals surface area (Å²) in [4.78, 5) is 11.3. The first-order chi connectivity index (χ1) is 15.6. The Morgan fingerprint density at radius 1 is 0.906 bits per heavy atom. The molecule has 0 aromatic rings. The van der Waals surface area contributed by atoms with Crippen LogP contribution in [-0.4, -0.2) is 81.4 Å². The molecule has 2 aliphatic rings. The van der Waals surface area contributed by atoms with Crippen molar-refractivity contribution in [3.8, 4) is 0 Å². The van der Waals surface area contributed by atoms with Gasteiger partial charge < -0.3 is 33.5 Å². The first-order valence-corrected chi connectivity index (χ1v) is 12.4. The maximum atomic E-state index is 11.3. The van der Waals surface area contributed by atoms with E-state index in [0.29, 0.717) is 39.5 Å². The van der Waals surface area contributed by atoms with E-state index >= 15 is 0 Å². The van der Waals surface area contributed by atoms with Gasteiger partial charge >= 0.3 is 5.97 Å². The highest BCUT2D eigenvalue weighted by Gasteiger charge is 2.73. The molecule has 0 radical (unpaired) electrons. The molecular formula is C24H44O8. The molecule has 2 unspecified atom stereocenters. The van der Waals surface area contributed by atoms with Gasteiger partial charge in [0.2, 0.25) is 0 Å². The highest BCUT2D eigenvalue weighted by Crippen LogP contribution is 2.54. The number of rotatable bonds is 18. The zero-order valence-electron chi connectivity index (χ0n) is 20.4. The molecule has 0 spiro atoms. The van der Waals surface area contributed by atoms with Crippen LogP contribution in [0.3, 0.4) is 0 Å². The van der Waals surface area contributed by atoms with Gasteiger partial charge in [0.1, 0.15) is 17.8 Å². The minimum Gasteiger partial charge on any atom is -0.469 e. The number of methoxy groups -OCH3 is 1. The Labute approximate surface area is 193 Å². The van der Waals surface area contributed by atoms with Gasteiger partial charge in [0.05, 0.1) is 32.3 Å². The first kappa shape index (κ1) is 27.5. The number of unbranched alkanes of at least 4 members (excludes halogenated alkanes) is 3. The summed E-state index contributed by atoms with van der Waals surface area (Å²) in [6, 6.07) is 0. The number of hydrogen-bond donors (Lipinski definition) is 1. The highest BCUT2D eigenvalue weighted by molar-refractivity contribution is 5.68. The number of aliphatic hydroxyl groups is 1. The van der Waals surface area contributed by atoms with E-state index in [1.807, 2.05) is 0 Å². The fraction of sp³-hybridized carbons (Fsp3) is 0.958. The van der Waals surface area contributed by atoms with Gasteiger partial charge in [-0.1, -0.05) is 40.0 Å². The molecular weight excluding hydrogens is 416 g/mol. The van der Waals surface area contributed by atoms with Gasteiger partial charge in [-0.2, -0.15) is 0 Å². The molecule has 2 fully saturated rings. The highest BCUT2D eigenvalue weighted by atomic mass is 16.7. The number of aliphatic hydroxyl groups excluding tert-OH is 1. The average molecular weight is 461 g/mol. The molecule has 0 aromatic heterocycles. The van der Waals surface area contributed by atoms with Gasteiger partial charge in [-0.05, 0) is 25.7 Å². The third kappa shape index (κ3) is 6.87. The smallest absolute Gasteiger partial charge is 0.305 e. The van der Waals surface area contributed by atoms with Crippen LogP contribution >= 0.6 is 0 Å². The summed E-state index contributed by atoms with van der Waals surface area (Å²) < 4.78 is 35.2. The quantitative estimate of drug-likeness (QED) is 0.246. The molecule has 1 N–H and O–H groups in total. The Morgan fingerprint density at radius 3 is 2.19 bits per heavy atom. The summed E-state index contributed by atoms with van der Waals surface area (Å²) in [6.45, 7) is 8.86. The third-order valence-corrected chi connectivity index (χ3v) is 6.29. The summed E-state index contributed by atoms with van der Waals surface area (Å²) in [7, 11) is 1.37. The van der Waals surface area contributed by atoms with Crippen molar-refractivity contribution in [2.75, 3.05) is 40.1 Å². The van der Waals surface area contributed by atoms with Gasteiger partial charge in [0, 0.05) is 26.2 Å². The number of hydrogen-bond acceptors (Lipinski definition) is 8. The van der Waals surface area contributed by atoms with Crippen LogP contribution in [0.2, 0.25) is 0 Å². The maximum absolute atomic E-state index is 11.3. The zero-order chi connectivity index (χ0) is 23.4. The standard InChI is InChI=1S/C24H44O8/c1-5-8-13-28-17-24-19(20(26)23(32-24)31-16-11-12-18(25)27-4)21(29-14-9-6-2)22(24)30-15-10-7-3/h19-23,26H,5-17H2,1-4H3/t19?,20-,21-,22+,23-,24?/m1/s1. The fourth-order valence-electron chi connectivity index (χ4n) is 4.39. The molecule has 1 saturated heterocycles. The topological polar surface area (TPSA) is 92.7 Å². The lowest BCUT2D eigenvalue weighted by molar-refractivity contribution is -0.308. The molecule has 8 nitrogen and oxygen atoms in total. The lowest BCUT2D eigenvalue weighted by Gasteiger charge is -2.55. The Morgan fingerprint density at radius 2 is 1.53 bits per heavy atom. The van der Waals surface area contributed by atoms with Crippen molar-refractivity contribution in [3.05, 3.63) is 0 Å². The van der Waals surface area contributed by atoms with Gasteiger partial charge in [0.25, 0.3) is 0 Å². The van der Waals surface area contributed by atoms with Crippen molar-refractivity contribution in [2.24, 2.45) is 5.92 Å². The molecule has 1 aliphatic heterocycles. The molecule has 188 valence electrons. The second-order valence-electron chi connectivity index (χ2n) is 8.75. The van der Waals surface area contributed by atoms with Crippen LogP contribution < -0.4 is 0 Å². The summed E-state index contributed by atoms with van der Waals surface area (Å²) in [5, 5.41) is 11.1. The van der Waals surface area contributed by atoms with E-state index in [4.69, 9.17) is 23.7 Å². The lowest BCUT2D eigenvalue weighted by Crippen LogP contribution is -2.73. The van der Waals surface area contributed by atoms with E-state index in [1.54, 1.807) is 0 Å². The minimum atomic E-state index is -0.847. The number of carbonyl (C=O) groups is 1. The number of carbonyl (C=O) groups excluding carboxylic acids is 1. The van der Waals surface area contributed by atoms with Crippen LogP contribution in [-0.2, 0) is 33.2 Å². The van der Waals surface area contributed by atoms with Crippen molar-refractivity contribution < 1.29 is 38.3 Å². The fourth-order valence-corrected chi connectivity index (χ4v) is 4.39. The Kier molecular flexibility index (Phi) is 12.4. The van der Waals surface area contributed by atoms with Crippen molar-refractivity contribution in [3.63, 3.8) is 0 Å². The molecule has 32 heavy (non-hydrogen) atoms. The van der Waals surface area contributed by atoms with Crippen LogP contribution in [0.5, 0.6) is 0 Å². The minimum absolute atomic E-state index is 0.258. The van der Waals surface area contributed by atoms with Gasteiger partial charge in [-0.25, -0.2) is 0 Å². The maximum Gasteiger partial charge on any atom is 0.305 e. The van der Waals surface area contributed by atoms with E-state index in [9.17, 15) is 9.90 Å². The van der Waals surface area contributed by atoms with Gasteiger partial charge in [-0.3, -0.25) is 4.79 Å². The van der Waals surface area contributed by atoms with E-state index in [0.717, 1.165) is 38.5 Å². The monoisotopic (exact) mass is 460 g/mol. The predicted molar refractivity (Wildman–Crippen MR) is 119 cm³/mol. The van der Waals surface area contributed by atoms with Crippen molar-refractivity contribution in [1.82, 2.24) is 0 Å². The van der Waals surface area contributed by atoms with Gasteiger partial charge in [0.15, 0.2) is 6.29 Å². The second kappa shape index (κ2) is 14.5. The third-order valence-electron chi connectivity index (χ3n) is 6.29. The molecule has 0 bridgehead atoms. The molecule has 0 amide bonds. The van der Waals surface area contributed by atoms with Gasteiger partial charge in [-0.15, -0.1) is 0 Å². The second-order valence-corrected chi connectivity index (χ2v) is 8.75. The normalized spacial score (nSPS) is 31.3. The van der Waals surface area contributed by atoms with Crippen molar-refractivity contribution >= 4 is 5.97 Å². The molecule has 6 atom stereocenters. The van der Waals surface area contributed by atoms with Crippen molar-refractivity contribution in [1.29, 1.82) is 0 Å². The summed E-state index contributed by atoms with van der Waals surface area (Å²) in [5.41, 5.74) is -0.787. The molecule has 1 heterocycles. The van der Waals surface area contributed by atoms with Crippen LogP contribution in [0, 0.1) is 5.92 Å². The van der Waals surface area contributed by atoms with E-state index in [2.05, 4.69) is 25.5 Å². The zero-order valence-corrected chi connectivity index (χ0v) is 20.4. The predicted octanol–water partition coefficient (Wildman–Crippen LogP) is 3.23. The molecule has 0 aromatic carbocycles. The largest absolute Gasteiger partial charge is 0.469 e. The number of fused-ring (bicyclic) bond motifs is 1. The average Bonchev–Trinajstić information content (AvgIpc) is 3.03. The number of ether oxygens (including phenoxy) is 6. The van der Waals surface area contributed by atoms with E-state index in [1.165, 1.54) is 7.11 Å². The van der Waals surface area contributed by atoms with E-state index < -0.39 is 18.0 Å². The Balaban J connectivity index is 2.08.